The number of ether oxygens (including phenoxy) is 1. The molecule has 1 aliphatic carbocycles. The molecule has 0 saturated carbocycles. The van der Waals surface area contributed by atoms with Crippen LogP contribution in [0, 0.1) is 11.3 Å². The molecule has 1 aromatic rings. The third-order valence-electron chi connectivity index (χ3n) is 3.70. The number of carbonyl (C=O) groups is 2. The highest BCUT2D eigenvalue weighted by Crippen LogP contribution is 2.35. The number of ketones is 1. The number of allylic oxidation sites excluding steroid dienone is 3. The first-order valence-corrected chi connectivity index (χ1v) is 9.95. The Morgan fingerprint density at radius 3 is 2.64 bits per heavy atom. The van der Waals surface area contributed by atoms with Crippen molar-refractivity contribution >= 4 is 49.8 Å². The standard InChI is InChI=1S/C19H17Br2N3O4/c20-14-8-12(4-6-23-11-13-16(25)2-3-17(13)26)9-15(21)19(14)28-7-1-5-24-18(27)10-22/h2-3,8-9,11,25H,1,4-7H2,(H,24,27). The zero-order valence-electron chi connectivity index (χ0n) is 14.7. The van der Waals surface area contributed by atoms with Gasteiger partial charge in [0.05, 0.1) is 21.1 Å². The summed E-state index contributed by atoms with van der Waals surface area (Å²) < 4.78 is 7.27. The summed E-state index contributed by atoms with van der Waals surface area (Å²) in [6.45, 7) is 1.21. The van der Waals surface area contributed by atoms with Crippen LogP contribution in [-0.2, 0) is 16.0 Å². The van der Waals surface area contributed by atoms with Crippen molar-refractivity contribution in [1.29, 1.82) is 5.26 Å². The maximum atomic E-state index is 11.5. The van der Waals surface area contributed by atoms with E-state index in [0.717, 1.165) is 14.5 Å². The van der Waals surface area contributed by atoms with Crippen molar-refractivity contribution in [3.63, 3.8) is 0 Å². The molecule has 0 aromatic heterocycles. The van der Waals surface area contributed by atoms with Crippen molar-refractivity contribution in [2.75, 3.05) is 19.7 Å². The lowest BCUT2D eigenvalue weighted by Gasteiger charge is -2.12. The third kappa shape index (κ3) is 6.32. The molecule has 0 atom stereocenters. The smallest absolute Gasteiger partial charge is 0.322 e. The number of nitrogens with zero attached hydrogens (tertiary/aromatic N) is 2. The molecule has 2 N–H and O–H groups in total. The van der Waals surface area contributed by atoms with Crippen molar-refractivity contribution in [2.24, 2.45) is 4.99 Å². The Hall–Kier alpha value is -2.44. The van der Waals surface area contributed by atoms with Crippen molar-refractivity contribution in [1.82, 2.24) is 5.32 Å². The summed E-state index contributed by atoms with van der Waals surface area (Å²) in [4.78, 5) is 26.5. The van der Waals surface area contributed by atoms with Gasteiger partial charge in [-0.1, -0.05) is 0 Å². The monoisotopic (exact) mass is 509 g/mol. The summed E-state index contributed by atoms with van der Waals surface area (Å²) in [5.74, 6) is -0.320. The summed E-state index contributed by atoms with van der Waals surface area (Å²) in [6.07, 6.45) is 5.27. The molecule has 28 heavy (non-hydrogen) atoms. The molecule has 146 valence electrons. The molecular weight excluding hydrogens is 494 g/mol. The average molecular weight is 511 g/mol. The normalized spacial score (nSPS) is 13.2. The Labute approximate surface area is 179 Å². The van der Waals surface area contributed by atoms with Gasteiger partial charge in [-0.05, 0) is 74.5 Å². The zero-order chi connectivity index (χ0) is 20.5. The van der Waals surface area contributed by atoms with Gasteiger partial charge in [-0.2, -0.15) is 5.26 Å². The van der Waals surface area contributed by atoms with Crippen LogP contribution >= 0.6 is 31.9 Å². The molecule has 2 rings (SSSR count). The second-order valence-corrected chi connectivity index (χ2v) is 7.45. The SMILES string of the molecule is N#CC(=O)NCCCOc1c(Br)cc(CCN=CC2=C(O)C=CC2=O)cc1Br. The Kier molecular flexibility index (Phi) is 8.42. The van der Waals surface area contributed by atoms with E-state index in [2.05, 4.69) is 42.2 Å². The number of aliphatic imine (C=N–C) groups is 1. The van der Waals surface area contributed by atoms with Crippen LogP contribution in [0.3, 0.4) is 0 Å². The highest BCUT2D eigenvalue weighted by Gasteiger charge is 2.14. The number of nitriles is 1. The number of hydrogen-bond acceptors (Lipinski definition) is 6. The second kappa shape index (κ2) is 10.8. The van der Waals surface area contributed by atoms with Gasteiger partial charge in [-0.25, -0.2) is 0 Å². The zero-order valence-corrected chi connectivity index (χ0v) is 17.9. The Bertz CT molecular complexity index is 878. The number of rotatable bonds is 9. The van der Waals surface area contributed by atoms with E-state index in [-0.39, 0.29) is 17.1 Å². The number of carbonyl (C=O) groups excluding carboxylic acids is 2. The van der Waals surface area contributed by atoms with Crippen molar-refractivity contribution in [2.45, 2.75) is 12.8 Å². The fourth-order valence-corrected chi connectivity index (χ4v) is 3.83. The van der Waals surface area contributed by atoms with Crippen LogP contribution < -0.4 is 10.1 Å². The lowest BCUT2D eigenvalue weighted by atomic mass is 10.1. The topological polar surface area (TPSA) is 112 Å². The molecule has 0 saturated heterocycles. The minimum Gasteiger partial charge on any atom is -0.507 e. The molecule has 0 radical (unpaired) electrons. The summed E-state index contributed by atoms with van der Waals surface area (Å²) in [7, 11) is 0. The Morgan fingerprint density at radius 1 is 1.32 bits per heavy atom. The van der Waals surface area contributed by atoms with E-state index >= 15 is 0 Å². The first-order chi connectivity index (χ1) is 13.4. The van der Waals surface area contributed by atoms with Crippen LogP contribution in [0.5, 0.6) is 5.75 Å². The number of halogens is 2. The summed E-state index contributed by atoms with van der Waals surface area (Å²) in [6, 6.07) is 5.33. The van der Waals surface area contributed by atoms with E-state index in [4.69, 9.17) is 10.00 Å². The predicted molar refractivity (Wildman–Crippen MR) is 111 cm³/mol. The molecule has 0 spiro atoms. The molecule has 0 bridgehead atoms. The van der Waals surface area contributed by atoms with Gasteiger partial charge in [0.1, 0.15) is 11.5 Å². The third-order valence-corrected chi connectivity index (χ3v) is 4.87. The molecule has 1 aromatic carbocycles. The van der Waals surface area contributed by atoms with Gasteiger partial charge < -0.3 is 15.2 Å². The van der Waals surface area contributed by atoms with E-state index in [0.29, 0.717) is 38.3 Å². The number of aliphatic hydroxyl groups excluding tert-OH is 1. The highest BCUT2D eigenvalue weighted by atomic mass is 79.9. The van der Waals surface area contributed by atoms with E-state index in [1.54, 1.807) is 0 Å². The molecule has 0 unspecified atom stereocenters. The molecule has 0 heterocycles. The Balaban J connectivity index is 1.84. The fourth-order valence-electron chi connectivity index (χ4n) is 2.32. The van der Waals surface area contributed by atoms with E-state index < -0.39 is 5.91 Å². The number of nitrogens with one attached hydrogen (secondary N) is 1. The predicted octanol–water partition coefficient (Wildman–Crippen LogP) is 3.18. The lowest BCUT2D eigenvalue weighted by Crippen LogP contribution is -2.23. The van der Waals surface area contributed by atoms with Gasteiger partial charge in [0.15, 0.2) is 11.9 Å². The lowest BCUT2D eigenvalue weighted by molar-refractivity contribution is -0.116. The fraction of sp³-hybridized carbons (Fsp3) is 0.263. The summed E-state index contributed by atoms with van der Waals surface area (Å²) >= 11 is 6.96. The molecule has 7 nitrogen and oxygen atoms in total. The molecule has 1 aliphatic rings. The minimum absolute atomic E-state index is 0.0621. The highest BCUT2D eigenvalue weighted by molar-refractivity contribution is 9.11. The number of amides is 1. The maximum Gasteiger partial charge on any atom is 0.322 e. The minimum atomic E-state index is -0.658. The van der Waals surface area contributed by atoms with Gasteiger partial charge in [0, 0.05) is 19.3 Å². The number of benzene rings is 1. The van der Waals surface area contributed by atoms with E-state index in [1.807, 2.05) is 12.1 Å². The second-order valence-electron chi connectivity index (χ2n) is 5.74. The van der Waals surface area contributed by atoms with Crippen LogP contribution in [0.1, 0.15) is 12.0 Å². The van der Waals surface area contributed by atoms with Crippen molar-refractivity contribution < 1.29 is 19.4 Å². The van der Waals surface area contributed by atoms with Gasteiger partial charge in [0.2, 0.25) is 0 Å². The van der Waals surface area contributed by atoms with Crippen molar-refractivity contribution in [3.05, 3.63) is 50.1 Å². The van der Waals surface area contributed by atoms with Gasteiger partial charge in [0.25, 0.3) is 0 Å². The number of aliphatic hydroxyl groups is 1. The van der Waals surface area contributed by atoms with Crippen LogP contribution in [0.4, 0.5) is 0 Å². The molecule has 1 amide bonds. The molecular formula is C19H17Br2N3O4. The van der Waals surface area contributed by atoms with Crippen LogP contribution in [-0.4, -0.2) is 42.7 Å². The largest absolute Gasteiger partial charge is 0.507 e. The number of hydrogen-bond donors (Lipinski definition) is 2. The molecule has 0 aliphatic heterocycles. The first-order valence-electron chi connectivity index (χ1n) is 8.36. The maximum absolute atomic E-state index is 11.5. The average Bonchev–Trinajstić information content (AvgIpc) is 2.98. The summed E-state index contributed by atoms with van der Waals surface area (Å²) in [5, 5.41) is 20.4. The molecule has 9 heteroatoms. The van der Waals surface area contributed by atoms with Gasteiger partial charge >= 0.3 is 5.91 Å². The summed E-state index contributed by atoms with van der Waals surface area (Å²) in [5.41, 5.74) is 1.22. The van der Waals surface area contributed by atoms with Gasteiger partial charge in [-0.3, -0.25) is 14.6 Å². The van der Waals surface area contributed by atoms with Crippen LogP contribution in [0.15, 0.2) is 49.6 Å². The van der Waals surface area contributed by atoms with Crippen molar-refractivity contribution in [3.8, 4) is 11.8 Å². The van der Waals surface area contributed by atoms with Crippen LogP contribution in [0.2, 0.25) is 0 Å². The Morgan fingerprint density at radius 2 is 2.04 bits per heavy atom. The quantitative estimate of drug-likeness (QED) is 0.301. The molecule has 0 fully saturated rings. The first kappa shape index (κ1) is 21.9. The van der Waals surface area contributed by atoms with E-state index in [9.17, 15) is 14.7 Å². The van der Waals surface area contributed by atoms with Gasteiger partial charge in [-0.15, -0.1) is 0 Å². The van der Waals surface area contributed by atoms with E-state index in [1.165, 1.54) is 24.4 Å². The van der Waals surface area contributed by atoms with Crippen LogP contribution in [0.25, 0.3) is 0 Å².